The summed E-state index contributed by atoms with van der Waals surface area (Å²) < 4.78 is 0. The van der Waals surface area contributed by atoms with Crippen LogP contribution in [0.1, 0.15) is 62.0 Å². The molecule has 0 spiro atoms. The Morgan fingerprint density at radius 2 is 2.11 bits per heavy atom. The van der Waals surface area contributed by atoms with E-state index in [9.17, 15) is 0 Å². The lowest BCUT2D eigenvalue weighted by molar-refractivity contribution is 0.264. The quantitative estimate of drug-likeness (QED) is 0.696. The molecule has 98 valence electrons. The summed E-state index contributed by atoms with van der Waals surface area (Å²) in [6, 6.07) is 2.37. The van der Waals surface area contributed by atoms with Crippen LogP contribution in [0.15, 0.2) is 6.07 Å². The van der Waals surface area contributed by atoms with Crippen molar-refractivity contribution in [2.24, 2.45) is 0 Å². The molecule has 0 fully saturated rings. The van der Waals surface area contributed by atoms with Crippen LogP contribution in [-0.2, 0) is 18.4 Å². The predicted molar refractivity (Wildman–Crippen MR) is 75.0 cm³/mol. The molecule has 1 aliphatic heterocycles. The van der Waals surface area contributed by atoms with Crippen LogP contribution >= 0.6 is 0 Å². The summed E-state index contributed by atoms with van der Waals surface area (Å²) in [5.74, 6) is 0.740. The maximum atomic E-state index is 4.98. The molecule has 1 aromatic rings. The second-order valence-corrected chi connectivity index (χ2v) is 7.06. The summed E-state index contributed by atoms with van der Waals surface area (Å²) in [4.78, 5) is 7.45. The third-order valence-electron chi connectivity index (χ3n) is 4.34. The largest absolute Gasteiger partial charge is 0.301 e. The van der Waals surface area contributed by atoms with Gasteiger partial charge in [-0.25, -0.2) is 0 Å². The maximum absolute atomic E-state index is 4.98. The van der Waals surface area contributed by atoms with Crippen LogP contribution < -0.4 is 0 Å². The van der Waals surface area contributed by atoms with Crippen molar-refractivity contribution in [2.75, 3.05) is 13.6 Å². The minimum Gasteiger partial charge on any atom is -0.301 e. The highest BCUT2D eigenvalue weighted by Gasteiger charge is 2.31. The SMILES string of the molecule is CN1Cc2cc(C(C)(C)C)nc3c2C(CCC3)C1. The molecule has 2 heterocycles. The highest BCUT2D eigenvalue weighted by atomic mass is 15.1. The van der Waals surface area contributed by atoms with Crippen molar-refractivity contribution in [1.82, 2.24) is 9.88 Å². The standard InChI is InChI=1S/C16H24N2/c1-16(2,3)14-8-12-10-18(4)9-11-6-5-7-13(17-14)15(11)12/h8,11H,5-7,9-10H2,1-4H3. The third-order valence-corrected chi connectivity index (χ3v) is 4.34. The van der Waals surface area contributed by atoms with Crippen LogP contribution in [0.25, 0.3) is 0 Å². The van der Waals surface area contributed by atoms with Gasteiger partial charge in [0.05, 0.1) is 0 Å². The lowest BCUT2D eigenvalue weighted by Gasteiger charge is -2.37. The summed E-state index contributed by atoms with van der Waals surface area (Å²) in [5, 5.41) is 0. The predicted octanol–water partition coefficient (Wildman–Crippen LogP) is 3.24. The molecule has 2 nitrogen and oxygen atoms in total. The molecule has 1 aromatic heterocycles. The molecular formula is C16H24N2. The average Bonchev–Trinajstić information content (AvgIpc) is 2.27. The Bertz CT molecular complexity index is 471. The van der Waals surface area contributed by atoms with E-state index >= 15 is 0 Å². The number of aryl methyl sites for hydroxylation is 1. The van der Waals surface area contributed by atoms with Gasteiger partial charge in [-0.2, -0.15) is 0 Å². The number of hydrogen-bond acceptors (Lipinski definition) is 2. The second-order valence-electron chi connectivity index (χ2n) is 7.06. The van der Waals surface area contributed by atoms with Gasteiger partial charge in [-0.3, -0.25) is 4.98 Å². The Hall–Kier alpha value is -0.890. The van der Waals surface area contributed by atoms with Crippen molar-refractivity contribution in [1.29, 1.82) is 0 Å². The first-order chi connectivity index (χ1) is 8.45. The minimum absolute atomic E-state index is 0.161. The van der Waals surface area contributed by atoms with Crippen LogP contribution in [0.4, 0.5) is 0 Å². The van der Waals surface area contributed by atoms with Gasteiger partial charge in [0.25, 0.3) is 0 Å². The Labute approximate surface area is 110 Å². The lowest BCUT2D eigenvalue weighted by Crippen LogP contribution is -2.34. The van der Waals surface area contributed by atoms with Gasteiger partial charge in [0.15, 0.2) is 0 Å². The van der Waals surface area contributed by atoms with Crippen LogP contribution in [0.3, 0.4) is 0 Å². The van der Waals surface area contributed by atoms with Crippen molar-refractivity contribution in [3.63, 3.8) is 0 Å². The zero-order valence-corrected chi connectivity index (χ0v) is 12.1. The van der Waals surface area contributed by atoms with E-state index in [1.54, 1.807) is 11.1 Å². The first-order valence-corrected chi connectivity index (χ1v) is 7.17. The number of nitrogens with zero attached hydrogens (tertiary/aromatic N) is 2. The van der Waals surface area contributed by atoms with Crippen LogP contribution in [-0.4, -0.2) is 23.5 Å². The van der Waals surface area contributed by atoms with Gasteiger partial charge < -0.3 is 4.90 Å². The molecule has 0 bridgehead atoms. The topological polar surface area (TPSA) is 16.1 Å². The van der Waals surface area contributed by atoms with Gasteiger partial charge in [0.2, 0.25) is 0 Å². The molecule has 0 aromatic carbocycles. The molecule has 2 aliphatic rings. The number of hydrogen-bond donors (Lipinski definition) is 0. The first kappa shape index (κ1) is 12.2. The first-order valence-electron chi connectivity index (χ1n) is 7.17. The molecule has 0 saturated carbocycles. The molecule has 1 atom stereocenters. The van der Waals surface area contributed by atoms with E-state index in [0.717, 1.165) is 12.5 Å². The van der Waals surface area contributed by atoms with Crippen molar-refractivity contribution >= 4 is 0 Å². The molecular weight excluding hydrogens is 220 g/mol. The van der Waals surface area contributed by atoms with Crippen LogP contribution in [0.5, 0.6) is 0 Å². The van der Waals surface area contributed by atoms with Gasteiger partial charge in [-0.15, -0.1) is 0 Å². The molecule has 0 radical (unpaired) electrons. The smallest absolute Gasteiger partial charge is 0.0463 e. The number of likely N-dealkylation sites (N-methyl/N-ethyl adjacent to an activating group) is 1. The molecule has 0 saturated heterocycles. The van der Waals surface area contributed by atoms with Gasteiger partial charge in [0.1, 0.15) is 0 Å². The van der Waals surface area contributed by atoms with Crippen molar-refractivity contribution in [2.45, 2.75) is 57.9 Å². The zero-order valence-electron chi connectivity index (χ0n) is 12.1. The summed E-state index contributed by atoms with van der Waals surface area (Å²) in [5.41, 5.74) is 5.98. The molecule has 1 aliphatic carbocycles. The van der Waals surface area contributed by atoms with E-state index in [4.69, 9.17) is 4.98 Å². The fourth-order valence-corrected chi connectivity index (χ4v) is 3.44. The molecule has 0 amide bonds. The summed E-state index contributed by atoms with van der Waals surface area (Å²) >= 11 is 0. The van der Waals surface area contributed by atoms with Crippen LogP contribution in [0.2, 0.25) is 0 Å². The Morgan fingerprint density at radius 1 is 1.33 bits per heavy atom. The van der Waals surface area contributed by atoms with E-state index < -0.39 is 0 Å². The Balaban J connectivity index is 2.14. The number of rotatable bonds is 0. The Morgan fingerprint density at radius 3 is 2.83 bits per heavy atom. The third kappa shape index (κ3) is 1.97. The van der Waals surface area contributed by atoms with Crippen molar-refractivity contribution < 1.29 is 0 Å². The molecule has 0 N–H and O–H groups in total. The molecule has 3 rings (SSSR count). The van der Waals surface area contributed by atoms with E-state index in [1.165, 1.54) is 37.2 Å². The zero-order chi connectivity index (χ0) is 12.9. The van der Waals surface area contributed by atoms with Crippen LogP contribution in [0, 0.1) is 0 Å². The highest BCUT2D eigenvalue weighted by Crippen LogP contribution is 2.39. The lowest BCUT2D eigenvalue weighted by atomic mass is 9.78. The fourth-order valence-electron chi connectivity index (χ4n) is 3.44. The van der Waals surface area contributed by atoms with E-state index in [2.05, 4.69) is 38.8 Å². The highest BCUT2D eigenvalue weighted by molar-refractivity contribution is 5.40. The maximum Gasteiger partial charge on any atom is 0.0463 e. The summed E-state index contributed by atoms with van der Waals surface area (Å²) in [7, 11) is 2.24. The minimum atomic E-state index is 0.161. The number of pyridine rings is 1. The van der Waals surface area contributed by atoms with Crippen molar-refractivity contribution in [3.05, 3.63) is 28.6 Å². The average molecular weight is 244 g/mol. The monoisotopic (exact) mass is 244 g/mol. The van der Waals surface area contributed by atoms with E-state index in [1.807, 2.05) is 0 Å². The van der Waals surface area contributed by atoms with Gasteiger partial charge in [-0.05, 0) is 49.4 Å². The normalized spacial score (nSPS) is 23.9. The molecule has 18 heavy (non-hydrogen) atoms. The van der Waals surface area contributed by atoms with Gasteiger partial charge in [0, 0.05) is 29.9 Å². The van der Waals surface area contributed by atoms with Gasteiger partial charge >= 0.3 is 0 Å². The second kappa shape index (κ2) is 4.06. The molecule has 2 heteroatoms. The van der Waals surface area contributed by atoms with E-state index in [0.29, 0.717) is 0 Å². The number of aromatic nitrogens is 1. The fraction of sp³-hybridized carbons (Fsp3) is 0.688. The Kier molecular flexibility index (Phi) is 2.74. The molecule has 1 unspecified atom stereocenters. The summed E-state index contributed by atoms with van der Waals surface area (Å²) in [6.45, 7) is 9.12. The van der Waals surface area contributed by atoms with Crippen molar-refractivity contribution in [3.8, 4) is 0 Å². The van der Waals surface area contributed by atoms with Gasteiger partial charge in [-0.1, -0.05) is 20.8 Å². The summed E-state index contributed by atoms with van der Waals surface area (Å²) in [6.07, 6.45) is 3.85. The van der Waals surface area contributed by atoms with E-state index in [-0.39, 0.29) is 5.41 Å².